The van der Waals surface area contributed by atoms with Gasteiger partial charge >= 0.3 is 0 Å². The van der Waals surface area contributed by atoms with E-state index in [2.05, 4.69) is 11.9 Å². The highest BCUT2D eigenvalue weighted by Crippen LogP contribution is 2.26. The molecule has 11 heteroatoms. The monoisotopic (exact) mass is 495 g/mol. The second-order valence-corrected chi connectivity index (χ2v) is 11.6. The molecule has 0 aliphatic rings. The Morgan fingerprint density at radius 3 is 2.15 bits per heavy atom. The number of ether oxygens (including phenoxy) is 1. The zero-order valence-corrected chi connectivity index (χ0v) is 21.0. The van der Waals surface area contributed by atoms with E-state index in [1.165, 1.54) is 63.7 Å². The zero-order valence-electron chi connectivity index (χ0n) is 19.3. The van der Waals surface area contributed by atoms with Crippen LogP contribution in [0, 0.1) is 13.8 Å². The number of anilines is 1. The molecule has 0 saturated heterocycles. The van der Waals surface area contributed by atoms with Crippen LogP contribution in [0.1, 0.15) is 11.1 Å². The molecule has 1 amide bonds. The number of nitrogens with one attached hydrogen (secondary N) is 1. The summed E-state index contributed by atoms with van der Waals surface area (Å²) < 4.78 is 58.3. The molecule has 0 aliphatic heterocycles. The second-order valence-electron chi connectivity index (χ2n) is 7.51. The van der Waals surface area contributed by atoms with Gasteiger partial charge < -0.3 is 10.1 Å². The van der Waals surface area contributed by atoms with Gasteiger partial charge in [0.1, 0.15) is 5.75 Å². The van der Waals surface area contributed by atoms with Crippen molar-refractivity contribution in [1.29, 1.82) is 0 Å². The van der Waals surface area contributed by atoms with Crippen molar-refractivity contribution < 1.29 is 26.4 Å². The molecule has 0 spiro atoms. The van der Waals surface area contributed by atoms with Crippen LogP contribution in [-0.2, 0) is 24.8 Å². The van der Waals surface area contributed by atoms with Crippen LogP contribution >= 0.6 is 0 Å². The average molecular weight is 496 g/mol. The van der Waals surface area contributed by atoms with Crippen molar-refractivity contribution in [2.24, 2.45) is 0 Å². The van der Waals surface area contributed by atoms with Crippen LogP contribution < -0.4 is 10.1 Å². The number of amides is 1. The molecule has 33 heavy (non-hydrogen) atoms. The molecular formula is C22H29N3O6S2. The summed E-state index contributed by atoms with van der Waals surface area (Å²) in [6, 6.07) is 8.71. The minimum absolute atomic E-state index is 0.00375. The predicted octanol–water partition coefficient (Wildman–Crippen LogP) is 2.38. The lowest BCUT2D eigenvalue weighted by atomic mass is 10.1. The summed E-state index contributed by atoms with van der Waals surface area (Å²) in [6.07, 6.45) is 1.38. The molecule has 0 heterocycles. The molecule has 0 bridgehead atoms. The Hall–Kier alpha value is -2.73. The SMILES string of the molecule is C=CCN(CC(=O)Nc1cc(S(=O)(=O)N(C)C)cc(C)c1C)S(=O)(=O)c1ccc(OC)cc1. The lowest BCUT2D eigenvalue weighted by molar-refractivity contribution is -0.116. The number of aryl methyl sites for hydroxylation is 1. The lowest BCUT2D eigenvalue weighted by Gasteiger charge is -2.21. The number of sulfonamides is 2. The van der Waals surface area contributed by atoms with Crippen LogP contribution in [0.5, 0.6) is 5.75 Å². The van der Waals surface area contributed by atoms with Crippen LogP contribution in [-0.4, -0.2) is 65.6 Å². The maximum Gasteiger partial charge on any atom is 0.243 e. The Kier molecular flexibility index (Phi) is 8.41. The van der Waals surface area contributed by atoms with E-state index in [4.69, 9.17) is 4.74 Å². The fraction of sp³-hybridized carbons (Fsp3) is 0.318. The van der Waals surface area contributed by atoms with Gasteiger partial charge in [-0.3, -0.25) is 4.79 Å². The van der Waals surface area contributed by atoms with Crippen molar-refractivity contribution in [3.05, 3.63) is 60.2 Å². The van der Waals surface area contributed by atoms with Crippen LogP contribution in [0.3, 0.4) is 0 Å². The molecule has 0 unspecified atom stereocenters. The van der Waals surface area contributed by atoms with Crippen LogP contribution in [0.15, 0.2) is 58.8 Å². The molecule has 2 rings (SSSR count). The molecule has 2 aromatic rings. The van der Waals surface area contributed by atoms with Crippen molar-refractivity contribution in [2.75, 3.05) is 39.6 Å². The number of hydrogen-bond acceptors (Lipinski definition) is 6. The molecule has 0 atom stereocenters. The molecule has 180 valence electrons. The first-order valence-electron chi connectivity index (χ1n) is 9.93. The van der Waals surface area contributed by atoms with Gasteiger partial charge in [0.25, 0.3) is 0 Å². The van der Waals surface area contributed by atoms with Gasteiger partial charge in [0.05, 0.1) is 23.4 Å². The third-order valence-electron chi connectivity index (χ3n) is 5.04. The molecular weight excluding hydrogens is 466 g/mol. The van der Waals surface area contributed by atoms with Crippen molar-refractivity contribution in [1.82, 2.24) is 8.61 Å². The van der Waals surface area contributed by atoms with Crippen molar-refractivity contribution in [3.63, 3.8) is 0 Å². The smallest absolute Gasteiger partial charge is 0.243 e. The fourth-order valence-corrected chi connectivity index (χ4v) is 5.34. The molecule has 2 aromatic carbocycles. The quantitative estimate of drug-likeness (QED) is 0.507. The van der Waals surface area contributed by atoms with Gasteiger partial charge in [-0.25, -0.2) is 21.1 Å². The largest absolute Gasteiger partial charge is 0.497 e. The highest BCUT2D eigenvalue weighted by atomic mass is 32.2. The van der Waals surface area contributed by atoms with Crippen LogP contribution in [0.2, 0.25) is 0 Å². The van der Waals surface area contributed by atoms with Gasteiger partial charge in [-0.15, -0.1) is 6.58 Å². The van der Waals surface area contributed by atoms with Crippen molar-refractivity contribution in [2.45, 2.75) is 23.6 Å². The van der Waals surface area contributed by atoms with E-state index in [1.54, 1.807) is 13.8 Å². The maximum absolute atomic E-state index is 13.1. The molecule has 0 aliphatic carbocycles. The normalized spacial score (nSPS) is 12.1. The summed E-state index contributed by atoms with van der Waals surface area (Å²) in [5.41, 5.74) is 1.64. The number of nitrogens with zero attached hydrogens (tertiary/aromatic N) is 2. The van der Waals surface area contributed by atoms with Gasteiger partial charge in [-0.2, -0.15) is 4.31 Å². The standard InChI is InChI=1S/C22H29N3O6S2/c1-7-12-25(33(29,30)19-10-8-18(31-6)9-11-19)15-22(26)23-21-14-20(13-16(2)17(21)3)32(27,28)24(4)5/h7-11,13-14H,1,12,15H2,2-6H3,(H,23,26). The number of carbonyl (C=O) groups excluding carboxylic acids is 1. The predicted molar refractivity (Wildman–Crippen MR) is 127 cm³/mol. The average Bonchev–Trinajstić information content (AvgIpc) is 2.76. The molecule has 0 saturated carbocycles. The topological polar surface area (TPSA) is 113 Å². The molecule has 1 N–H and O–H groups in total. The molecule has 9 nitrogen and oxygen atoms in total. The van der Waals surface area contributed by atoms with E-state index in [9.17, 15) is 21.6 Å². The highest BCUT2D eigenvalue weighted by Gasteiger charge is 2.26. The first-order chi connectivity index (χ1) is 15.3. The van der Waals surface area contributed by atoms with Gasteiger partial charge in [-0.05, 0) is 61.4 Å². The Balaban J connectivity index is 2.33. The van der Waals surface area contributed by atoms with Crippen LogP contribution in [0.25, 0.3) is 0 Å². The number of hydrogen-bond donors (Lipinski definition) is 1. The summed E-state index contributed by atoms with van der Waals surface area (Å²) in [5.74, 6) is -0.115. The van der Waals surface area contributed by atoms with Gasteiger partial charge in [0.2, 0.25) is 26.0 Å². The Morgan fingerprint density at radius 1 is 1.03 bits per heavy atom. The van der Waals surface area contributed by atoms with Gasteiger partial charge in [0, 0.05) is 26.3 Å². The first kappa shape index (κ1) is 26.5. The lowest BCUT2D eigenvalue weighted by Crippen LogP contribution is -2.38. The van der Waals surface area contributed by atoms with Gasteiger partial charge in [-0.1, -0.05) is 6.08 Å². The van der Waals surface area contributed by atoms with E-state index in [0.29, 0.717) is 22.6 Å². The van der Waals surface area contributed by atoms with Crippen molar-refractivity contribution >= 4 is 31.6 Å². The number of methoxy groups -OCH3 is 1. The zero-order chi connectivity index (χ0) is 25.0. The number of benzene rings is 2. The fourth-order valence-electron chi connectivity index (χ4n) is 2.95. The summed E-state index contributed by atoms with van der Waals surface area (Å²) in [7, 11) is -3.41. The third-order valence-corrected chi connectivity index (χ3v) is 8.66. The minimum atomic E-state index is -3.99. The van der Waals surface area contributed by atoms with E-state index in [1.807, 2.05) is 0 Å². The summed E-state index contributed by atoms with van der Waals surface area (Å²) >= 11 is 0. The molecule has 0 fully saturated rings. The summed E-state index contributed by atoms with van der Waals surface area (Å²) in [6.45, 7) is 6.48. The van der Waals surface area contributed by atoms with Crippen LogP contribution in [0.4, 0.5) is 5.69 Å². The van der Waals surface area contributed by atoms with Crippen molar-refractivity contribution in [3.8, 4) is 5.75 Å². The third kappa shape index (κ3) is 5.99. The second kappa shape index (κ2) is 10.5. The first-order valence-corrected chi connectivity index (χ1v) is 12.8. The molecule has 0 radical (unpaired) electrons. The molecule has 0 aromatic heterocycles. The summed E-state index contributed by atoms with van der Waals surface area (Å²) in [4.78, 5) is 12.8. The van der Waals surface area contributed by atoms with E-state index >= 15 is 0 Å². The highest BCUT2D eigenvalue weighted by molar-refractivity contribution is 7.89. The minimum Gasteiger partial charge on any atom is -0.497 e. The Morgan fingerprint density at radius 2 is 1.64 bits per heavy atom. The van der Waals surface area contributed by atoms with E-state index < -0.39 is 32.5 Å². The van der Waals surface area contributed by atoms with E-state index in [0.717, 1.165) is 8.61 Å². The van der Waals surface area contributed by atoms with Gasteiger partial charge in [0.15, 0.2) is 0 Å². The summed E-state index contributed by atoms with van der Waals surface area (Å²) in [5, 5.41) is 2.65. The maximum atomic E-state index is 13.1. The van der Waals surface area contributed by atoms with E-state index in [-0.39, 0.29) is 16.3 Å². The number of rotatable bonds is 10. The Bertz CT molecular complexity index is 1240. The number of carbonyl (C=O) groups is 1. The Labute approximate surface area is 195 Å².